The van der Waals surface area contributed by atoms with Crippen LogP contribution in [0.5, 0.6) is 0 Å². The fraction of sp³-hybridized carbons (Fsp3) is 0.167. The summed E-state index contributed by atoms with van der Waals surface area (Å²) in [4.78, 5) is 8.61. The Balaban J connectivity index is 2.09. The lowest BCUT2D eigenvalue weighted by Crippen LogP contribution is -1.94. The van der Waals surface area contributed by atoms with Gasteiger partial charge in [0.15, 0.2) is 5.82 Å². The lowest BCUT2D eigenvalue weighted by molar-refractivity contribution is 0.630. The lowest BCUT2D eigenvalue weighted by Gasteiger charge is -2.02. The summed E-state index contributed by atoms with van der Waals surface area (Å²) in [6.45, 7) is 4.04. The average Bonchev–Trinajstić information content (AvgIpc) is 2.99. The van der Waals surface area contributed by atoms with Gasteiger partial charge in [0.2, 0.25) is 0 Å². The molecule has 0 bridgehead atoms. The van der Waals surface area contributed by atoms with Crippen molar-refractivity contribution < 1.29 is 4.39 Å². The maximum atomic E-state index is 14.0. The van der Waals surface area contributed by atoms with E-state index in [2.05, 4.69) is 28.1 Å². The topological polar surface area (TPSA) is 69.1 Å². The molecule has 5 nitrogen and oxygen atoms in total. The van der Waals surface area contributed by atoms with Crippen molar-refractivity contribution in [2.75, 3.05) is 5.73 Å². The number of nitrogens with zero attached hydrogens (tertiary/aromatic N) is 4. The van der Waals surface area contributed by atoms with Crippen LogP contribution >= 0.6 is 0 Å². The van der Waals surface area contributed by atoms with E-state index in [1.807, 2.05) is 25.3 Å². The van der Waals surface area contributed by atoms with Gasteiger partial charge in [0.25, 0.3) is 5.78 Å². The first-order valence-electron chi connectivity index (χ1n) is 7.73. The fourth-order valence-electron chi connectivity index (χ4n) is 2.44. The molecule has 122 valence electrons. The minimum absolute atomic E-state index is 0.261. The maximum absolute atomic E-state index is 14.0. The Morgan fingerprint density at radius 1 is 1.38 bits per heavy atom. The van der Waals surface area contributed by atoms with E-state index in [1.165, 1.54) is 18.2 Å². The molecule has 2 aromatic heterocycles. The molecule has 24 heavy (non-hydrogen) atoms. The SMILES string of the molecule is C/C=C\C(=C/CC)c1cnc2nc(-c3cc(N)ccc3F)nn2c1. The van der Waals surface area contributed by atoms with Crippen LogP contribution in [0, 0.1) is 5.82 Å². The largest absolute Gasteiger partial charge is 0.399 e. The summed E-state index contributed by atoms with van der Waals surface area (Å²) in [5.74, 6) is 0.254. The zero-order chi connectivity index (χ0) is 17.1. The third-order valence-electron chi connectivity index (χ3n) is 3.53. The Bertz CT molecular complexity index is 940. The summed E-state index contributed by atoms with van der Waals surface area (Å²) in [5.41, 5.74) is 8.43. The average molecular weight is 323 g/mol. The molecule has 0 saturated carbocycles. The molecule has 0 fully saturated rings. The molecule has 2 N–H and O–H groups in total. The van der Waals surface area contributed by atoms with Crippen molar-refractivity contribution in [1.82, 2.24) is 19.6 Å². The molecule has 3 rings (SSSR count). The Morgan fingerprint density at radius 2 is 2.21 bits per heavy atom. The molecular weight excluding hydrogens is 305 g/mol. The molecule has 0 unspecified atom stereocenters. The molecule has 3 aromatic rings. The Morgan fingerprint density at radius 3 is 2.96 bits per heavy atom. The monoisotopic (exact) mass is 323 g/mol. The van der Waals surface area contributed by atoms with Crippen LogP contribution in [0.4, 0.5) is 10.1 Å². The predicted octanol–water partition coefficient (Wildman–Crippen LogP) is 3.88. The minimum atomic E-state index is -0.416. The molecule has 0 amide bonds. The molecule has 0 spiro atoms. The molecule has 0 saturated heterocycles. The van der Waals surface area contributed by atoms with Crippen molar-refractivity contribution in [3.05, 3.63) is 60.2 Å². The highest BCUT2D eigenvalue weighted by atomic mass is 19.1. The fourth-order valence-corrected chi connectivity index (χ4v) is 2.44. The first kappa shape index (κ1) is 15.9. The zero-order valence-electron chi connectivity index (χ0n) is 13.6. The number of aromatic nitrogens is 4. The van der Waals surface area contributed by atoms with Crippen LogP contribution in [0.1, 0.15) is 25.8 Å². The summed E-state index contributed by atoms with van der Waals surface area (Å²) in [6.07, 6.45) is 10.6. The van der Waals surface area contributed by atoms with Crippen LogP contribution in [-0.2, 0) is 0 Å². The van der Waals surface area contributed by atoms with Gasteiger partial charge in [0.05, 0.1) is 5.56 Å². The first-order chi connectivity index (χ1) is 11.6. The number of hydrogen-bond acceptors (Lipinski definition) is 4. The van der Waals surface area contributed by atoms with Gasteiger partial charge < -0.3 is 5.73 Å². The van der Waals surface area contributed by atoms with E-state index in [0.29, 0.717) is 11.5 Å². The van der Waals surface area contributed by atoms with Crippen LogP contribution in [-0.4, -0.2) is 19.6 Å². The van der Waals surface area contributed by atoms with Gasteiger partial charge in [-0.2, -0.15) is 4.98 Å². The Kier molecular flexibility index (Phi) is 4.37. The number of nitrogens with two attached hydrogens (primary N) is 1. The van der Waals surface area contributed by atoms with Gasteiger partial charge in [-0.15, -0.1) is 5.10 Å². The van der Waals surface area contributed by atoms with E-state index in [4.69, 9.17) is 5.73 Å². The third kappa shape index (κ3) is 3.03. The van der Waals surface area contributed by atoms with Crippen molar-refractivity contribution >= 4 is 17.0 Å². The van der Waals surface area contributed by atoms with Gasteiger partial charge in [0.1, 0.15) is 5.82 Å². The van der Waals surface area contributed by atoms with Crippen molar-refractivity contribution in [1.29, 1.82) is 0 Å². The third-order valence-corrected chi connectivity index (χ3v) is 3.53. The molecular formula is C18H18FN5. The van der Waals surface area contributed by atoms with Gasteiger partial charge in [-0.1, -0.05) is 25.2 Å². The van der Waals surface area contributed by atoms with Crippen molar-refractivity contribution in [3.8, 4) is 11.4 Å². The Labute approximate surface area is 139 Å². The molecule has 0 radical (unpaired) electrons. The summed E-state index contributed by atoms with van der Waals surface area (Å²) >= 11 is 0. The number of allylic oxidation sites excluding steroid dienone is 4. The van der Waals surface area contributed by atoms with Crippen LogP contribution in [0.3, 0.4) is 0 Å². The molecule has 6 heteroatoms. The molecule has 0 aliphatic rings. The van der Waals surface area contributed by atoms with Crippen molar-refractivity contribution in [2.45, 2.75) is 20.3 Å². The standard InChI is InChI=1S/C18H18FN5/c1-3-5-12(6-4-2)13-10-21-18-22-17(23-24(18)11-13)15-9-14(20)7-8-16(15)19/h3,5-11H,4,20H2,1-2H3/b5-3-,12-6+. The van der Waals surface area contributed by atoms with Gasteiger partial charge in [-0.3, -0.25) is 0 Å². The number of nitrogen functional groups attached to an aromatic ring is 1. The maximum Gasteiger partial charge on any atom is 0.252 e. The van der Waals surface area contributed by atoms with Crippen molar-refractivity contribution in [3.63, 3.8) is 0 Å². The normalized spacial score (nSPS) is 12.4. The molecule has 2 heterocycles. The van der Waals surface area contributed by atoms with E-state index in [9.17, 15) is 4.39 Å². The van der Waals surface area contributed by atoms with E-state index >= 15 is 0 Å². The van der Waals surface area contributed by atoms with Crippen LogP contribution in [0.2, 0.25) is 0 Å². The van der Waals surface area contributed by atoms with E-state index < -0.39 is 5.82 Å². The van der Waals surface area contributed by atoms with Gasteiger partial charge in [0, 0.05) is 23.6 Å². The van der Waals surface area contributed by atoms with Crippen LogP contribution in [0.25, 0.3) is 22.7 Å². The second-order valence-electron chi connectivity index (χ2n) is 5.33. The quantitative estimate of drug-likeness (QED) is 0.584. The lowest BCUT2D eigenvalue weighted by atomic mass is 10.1. The minimum Gasteiger partial charge on any atom is -0.399 e. The second kappa shape index (κ2) is 6.62. The highest BCUT2D eigenvalue weighted by Gasteiger charge is 2.13. The number of benzene rings is 1. The number of rotatable bonds is 4. The highest BCUT2D eigenvalue weighted by molar-refractivity contribution is 5.73. The van der Waals surface area contributed by atoms with Gasteiger partial charge >= 0.3 is 0 Å². The van der Waals surface area contributed by atoms with Gasteiger partial charge in [-0.05, 0) is 37.1 Å². The van der Waals surface area contributed by atoms with E-state index in [-0.39, 0.29) is 11.4 Å². The molecule has 0 atom stereocenters. The smallest absolute Gasteiger partial charge is 0.252 e. The molecule has 0 aliphatic carbocycles. The first-order valence-corrected chi connectivity index (χ1v) is 7.73. The number of fused-ring (bicyclic) bond motifs is 1. The van der Waals surface area contributed by atoms with Crippen LogP contribution in [0.15, 0.2) is 48.8 Å². The second-order valence-corrected chi connectivity index (χ2v) is 5.33. The molecule has 1 aromatic carbocycles. The van der Waals surface area contributed by atoms with Gasteiger partial charge in [-0.25, -0.2) is 13.9 Å². The van der Waals surface area contributed by atoms with E-state index in [1.54, 1.807) is 10.7 Å². The zero-order valence-corrected chi connectivity index (χ0v) is 13.6. The summed E-state index contributed by atoms with van der Waals surface area (Å²) < 4.78 is 15.6. The summed E-state index contributed by atoms with van der Waals surface area (Å²) in [7, 11) is 0. The number of hydrogen-bond donors (Lipinski definition) is 1. The van der Waals surface area contributed by atoms with E-state index in [0.717, 1.165) is 17.6 Å². The van der Waals surface area contributed by atoms with Crippen LogP contribution < -0.4 is 5.73 Å². The predicted molar refractivity (Wildman–Crippen MR) is 93.7 cm³/mol. The summed E-state index contributed by atoms with van der Waals surface area (Å²) in [5, 5.41) is 4.34. The Hall–Kier alpha value is -3.02. The molecule has 0 aliphatic heterocycles. The summed E-state index contributed by atoms with van der Waals surface area (Å²) in [6, 6.07) is 4.33. The van der Waals surface area contributed by atoms with Crippen molar-refractivity contribution in [2.24, 2.45) is 0 Å². The number of anilines is 1. The number of halogens is 1. The highest BCUT2D eigenvalue weighted by Crippen LogP contribution is 2.23.